The lowest BCUT2D eigenvalue weighted by Crippen LogP contribution is -2.25. The number of aromatic amines is 1. The van der Waals surface area contributed by atoms with Gasteiger partial charge in [0.05, 0.1) is 5.52 Å². The highest BCUT2D eigenvalue weighted by molar-refractivity contribution is 5.70. The lowest BCUT2D eigenvalue weighted by molar-refractivity contribution is 0.289. The summed E-state index contributed by atoms with van der Waals surface area (Å²) in [5, 5.41) is 0. The molecule has 0 spiro atoms. The van der Waals surface area contributed by atoms with Crippen molar-refractivity contribution < 1.29 is 0 Å². The van der Waals surface area contributed by atoms with E-state index in [-0.39, 0.29) is 5.69 Å². The minimum absolute atomic E-state index is 0.0155. The Balaban J connectivity index is 2.05. The van der Waals surface area contributed by atoms with E-state index < -0.39 is 0 Å². The molecule has 90 valence electrons. The molecular weight excluding hydrogens is 214 g/mol. The summed E-state index contributed by atoms with van der Waals surface area (Å²) in [4.78, 5) is 19.2. The van der Waals surface area contributed by atoms with Crippen molar-refractivity contribution in [3.05, 3.63) is 28.8 Å². The van der Waals surface area contributed by atoms with Crippen LogP contribution in [0.3, 0.4) is 0 Å². The van der Waals surface area contributed by atoms with Gasteiger partial charge in [-0.05, 0) is 43.7 Å². The molecule has 0 aliphatic heterocycles. The quantitative estimate of drug-likeness (QED) is 0.819. The average molecular weight is 231 g/mol. The Hall–Kier alpha value is -1.58. The Kier molecular flexibility index (Phi) is 2.50. The fourth-order valence-electron chi connectivity index (χ4n) is 2.80. The van der Waals surface area contributed by atoms with Crippen LogP contribution in [0.5, 0.6) is 0 Å². The van der Waals surface area contributed by atoms with Crippen LogP contribution < -0.4 is 5.69 Å². The van der Waals surface area contributed by atoms with Crippen molar-refractivity contribution in [1.29, 1.82) is 0 Å². The van der Waals surface area contributed by atoms with Crippen molar-refractivity contribution in [2.45, 2.75) is 38.6 Å². The van der Waals surface area contributed by atoms with Gasteiger partial charge >= 0.3 is 5.69 Å². The largest absolute Gasteiger partial charge is 0.327 e. The zero-order valence-electron chi connectivity index (χ0n) is 10.0. The van der Waals surface area contributed by atoms with Crippen LogP contribution in [0.2, 0.25) is 0 Å². The van der Waals surface area contributed by atoms with Crippen molar-refractivity contribution in [2.24, 2.45) is 5.92 Å². The van der Waals surface area contributed by atoms with Crippen LogP contribution in [-0.2, 0) is 0 Å². The third-order valence-corrected chi connectivity index (χ3v) is 3.83. The number of imidazole rings is 1. The molecule has 0 saturated heterocycles. The third kappa shape index (κ3) is 1.77. The van der Waals surface area contributed by atoms with Gasteiger partial charge in [0.25, 0.3) is 0 Å². The summed E-state index contributed by atoms with van der Waals surface area (Å²) in [5.74, 6) is 0.792. The van der Waals surface area contributed by atoms with Gasteiger partial charge in [-0.3, -0.25) is 4.57 Å². The molecule has 2 aromatic rings. The Morgan fingerprint density at radius 2 is 2.12 bits per heavy atom. The van der Waals surface area contributed by atoms with E-state index >= 15 is 0 Å². The Morgan fingerprint density at radius 3 is 2.88 bits per heavy atom. The van der Waals surface area contributed by atoms with Crippen LogP contribution in [0.25, 0.3) is 11.2 Å². The van der Waals surface area contributed by atoms with Gasteiger partial charge in [0.2, 0.25) is 0 Å². The fraction of sp³-hybridized carbons (Fsp3) is 0.538. The number of hydrogen-bond donors (Lipinski definition) is 1. The first-order valence-electron chi connectivity index (χ1n) is 6.31. The molecule has 4 nitrogen and oxygen atoms in total. The molecule has 4 heteroatoms. The van der Waals surface area contributed by atoms with Gasteiger partial charge < -0.3 is 4.98 Å². The van der Waals surface area contributed by atoms with Crippen molar-refractivity contribution >= 4 is 11.2 Å². The summed E-state index contributed by atoms with van der Waals surface area (Å²) in [6.45, 7) is 2.28. The summed E-state index contributed by atoms with van der Waals surface area (Å²) >= 11 is 0. The van der Waals surface area contributed by atoms with Gasteiger partial charge in [-0.15, -0.1) is 0 Å². The lowest BCUT2D eigenvalue weighted by atomic mass is 9.87. The summed E-state index contributed by atoms with van der Waals surface area (Å²) in [7, 11) is 0. The van der Waals surface area contributed by atoms with Gasteiger partial charge in [0.1, 0.15) is 0 Å². The first-order valence-corrected chi connectivity index (χ1v) is 6.31. The van der Waals surface area contributed by atoms with Crippen molar-refractivity contribution in [2.75, 3.05) is 0 Å². The molecule has 0 atom stereocenters. The van der Waals surface area contributed by atoms with Crippen LogP contribution >= 0.6 is 0 Å². The van der Waals surface area contributed by atoms with E-state index in [1.807, 2.05) is 16.7 Å². The molecule has 0 bridgehead atoms. The van der Waals surface area contributed by atoms with Crippen LogP contribution in [-0.4, -0.2) is 14.5 Å². The van der Waals surface area contributed by atoms with Crippen LogP contribution in [0, 0.1) is 5.92 Å². The molecule has 1 saturated carbocycles. The first kappa shape index (κ1) is 10.6. The maximum atomic E-state index is 12.0. The molecule has 0 radical (unpaired) electrons. The molecule has 1 N–H and O–H groups in total. The molecule has 1 fully saturated rings. The average Bonchev–Trinajstić information content (AvgIpc) is 2.66. The third-order valence-electron chi connectivity index (χ3n) is 3.83. The summed E-state index contributed by atoms with van der Waals surface area (Å²) in [6.07, 6.45) is 6.33. The number of fused-ring (bicyclic) bond motifs is 1. The van der Waals surface area contributed by atoms with Gasteiger partial charge in [0, 0.05) is 12.2 Å². The number of rotatable bonds is 1. The SMILES string of the molecule is CC1CCC(n2c(=O)[nH]c3cccnc32)CC1. The Labute approximate surface area is 99.7 Å². The van der Waals surface area contributed by atoms with Crippen LogP contribution in [0.1, 0.15) is 38.6 Å². The number of nitrogens with one attached hydrogen (secondary N) is 1. The number of hydrogen-bond acceptors (Lipinski definition) is 2. The molecule has 0 aromatic carbocycles. The van der Waals surface area contributed by atoms with E-state index in [0.717, 1.165) is 29.9 Å². The van der Waals surface area contributed by atoms with Gasteiger partial charge in [-0.1, -0.05) is 6.92 Å². The van der Waals surface area contributed by atoms with E-state index in [1.54, 1.807) is 6.20 Å². The molecule has 1 aliphatic carbocycles. The number of pyridine rings is 1. The number of aromatic nitrogens is 3. The molecule has 2 heterocycles. The van der Waals surface area contributed by atoms with E-state index in [9.17, 15) is 4.79 Å². The molecule has 2 aromatic heterocycles. The minimum atomic E-state index is -0.0155. The summed E-state index contributed by atoms with van der Waals surface area (Å²) in [5.41, 5.74) is 1.63. The van der Waals surface area contributed by atoms with E-state index in [4.69, 9.17) is 0 Å². The van der Waals surface area contributed by atoms with Crippen molar-refractivity contribution in [3.8, 4) is 0 Å². The highest BCUT2D eigenvalue weighted by Crippen LogP contribution is 2.32. The van der Waals surface area contributed by atoms with Crippen molar-refractivity contribution in [1.82, 2.24) is 14.5 Å². The van der Waals surface area contributed by atoms with E-state index in [2.05, 4.69) is 16.9 Å². The standard InChI is InChI=1S/C13H17N3O/c1-9-4-6-10(7-5-9)16-12-11(15-13(16)17)3-2-8-14-12/h2-3,8-10H,4-7H2,1H3,(H,15,17). The molecule has 1 aliphatic rings. The predicted octanol–water partition coefficient (Wildman–Crippen LogP) is 2.48. The molecular formula is C13H17N3O. The van der Waals surface area contributed by atoms with Gasteiger partial charge in [-0.25, -0.2) is 9.78 Å². The fourth-order valence-corrected chi connectivity index (χ4v) is 2.80. The molecule has 0 unspecified atom stereocenters. The van der Waals surface area contributed by atoms with Crippen LogP contribution in [0.4, 0.5) is 0 Å². The summed E-state index contributed by atoms with van der Waals surface area (Å²) in [6, 6.07) is 4.08. The highest BCUT2D eigenvalue weighted by atomic mass is 16.1. The van der Waals surface area contributed by atoms with E-state index in [1.165, 1.54) is 12.8 Å². The second kappa shape index (κ2) is 4.02. The molecule has 3 rings (SSSR count). The minimum Gasteiger partial charge on any atom is -0.304 e. The second-order valence-electron chi connectivity index (χ2n) is 5.09. The van der Waals surface area contributed by atoms with Crippen molar-refractivity contribution in [3.63, 3.8) is 0 Å². The van der Waals surface area contributed by atoms with Crippen LogP contribution in [0.15, 0.2) is 23.1 Å². The van der Waals surface area contributed by atoms with E-state index in [0.29, 0.717) is 6.04 Å². The highest BCUT2D eigenvalue weighted by Gasteiger charge is 2.23. The number of nitrogens with zero attached hydrogens (tertiary/aromatic N) is 2. The van der Waals surface area contributed by atoms with Gasteiger partial charge in [0.15, 0.2) is 5.65 Å². The zero-order valence-corrected chi connectivity index (χ0v) is 10.0. The summed E-state index contributed by atoms with van der Waals surface area (Å²) < 4.78 is 1.85. The predicted molar refractivity (Wildman–Crippen MR) is 67.0 cm³/mol. The first-order chi connectivity index (χ1) is 8.25. The zero-order chi connectivity index (χ0) is 11.8. The monoisotopic (exact) mass is 231 g/mol. The smallest absolute Gasteiger partial charge is 0.304 e. The Bertz CT molecular complexity index is 576. The second-order valence-corrected chi connectivity index (χ2v) is 5.09. The normalized spacial score (nSPS) is 25.2. The molecule has 0 amide bonds. The molecule has 17 heavy (non-hydrogen) atoms. The maximum Gasteiger partial charge on any atom is 0.327 e. The Morgan fingerprint density at radius 1 is 1.35 bits per heavy atom. The lowest BCUT2D eigenvalue weighted by Gasteiger charge is -2.26. The maximum absolute atomic E-state index is 12.0. The number of H-pyrrole nitrogens is 1. The topological polar surface area (TPSA) is 50.7 Å². The van der Waals surface area contributed by atoms with Gasteiger partial charge in [-0.2, -0.15) is 0 Å².